The van der Waals surface area contributed by atoms with Crippen LogP contribution in [0.1, 0.15) is 22.3 Å². The third-order valence-electron chi connectivity index (χ3n) is 6.47. The second-order valence-electron chi connectivity index (χ2n) is 9.47. The van der Waals surface area contributed by atoms with E-state index >= 15 is 0 Å². The number of carbonyl (C=O) groups excluding carboxylic acids is 5. The van der Waals surface area contributed by atoms with Gasteiger partial charge < -0.3 is 25.9 Å². The van der Waals surface area contributed by atoms with E-state index in [4.69, 9.17) is 5.11 Å². The van der Waals surface area contributed by atoms with Gasteiger partial charge in [0.15, 0.2) is 0 Å². The van der Waals surface area contributed by atoms with Gasteiger partial charge in [0.05, 0.1) is 30.4 Å². The lowest BCUT2D eigenvalue weighted by molar-refractivity contribution is -0.138. The van der Waals surface area contributed by atoms with E-state index in [0.29, 0.717) is 17.5 Å². The number of carboxylic acids is 1. The summed E-state index contributed by atoms with van der Waals surface area (Å²) < 4.78 is 0. The molecule has 4 N–H and O–H groups in total. The predicted molar refractivity (Wildman–Crippen MR) is 153 cm³/mol. The number of para-hydroxylation sites is 2. The number of benzene rings is 3. The van der Waals surface area contributed by atoms with Crippen molar-refractivity contribution in [2.24, 2.45) is 0 Å². The molecule has 1 aliphatic rings. The Bertz CT molecular complexity index is 1470. The van der Waals surface area contributed by atoms with Crippen LogP contribution in [0.3, 0.4) is 0 Å². The lowest BCUT2D eigenvalue weighted by Crippen LogP contribution is -2.55. The van der Waals surface area contributed by atoms with Gasteiger partial charge in [-0.2, -0.15) is 0 Å². The Morgan fingerprint density at radius 2 is 1.52 bits per heavy atom. The maximum Gasteiger partial charge on any atom is 0.322 e. The predicted octanol–water partition coefficient (Wildman–Crippen LogP) is 1.71. The normalized spacial score (nSPS) is 15.0. The molecule has 0 spiro atoms. The molecule has 1 heterocycles. The summed E-state index contributed by atoms with van der Waals surface area (Å²) in [5.74, 6) is -3.33. The van der Waals surface area contributed by atoms with Crippen LogP contribution >= 0.6 is 0 Å². The second kappa shape index (κ2) is 13.7. The van der Waals surface area contributed by atoms with Gasteiger partial charge in [-0.3, -0.25) is 29.0 Å². The van der Waals surface area contributed by atoms with Crippen LogP contribution in [0, 0.1) is 0 Å². The number of aldehydes is 1. The molecule has 5 amide bonds. The average molecular weight is 572 g/mol. The molecule has 1 aliphatic heterocycles. The van der Waals surface area contributed by atoms with Crippen molar-refractivity contribution in [1.29, 1.82) is 0 Å². The Balaban J connectivity index is 1.66. The van der Waals surface area contributed by atoms with Gasteiger partial charge >= 0.3 is 12.0 Å². The molecule has 0 fully saturated rings. The first-order valence-electron chi connectivity index (χ1n) is 13.1. The molecule has 0 aliphatic carbocycles. The van der Waals surface area contributed by atoms with Gasteiger partial charge in [-0.05, 0) is 29.8 Å². The van der Waals surface area contributed by atoms with Gasteiger partial charge in [0, 0.05) is 12.1 Å². The minimum absolute atomic E-state index is 0.204. The third kappa shape index (κ3) is 7.36. The molecular weight excluding hydrogens is 542 g/mol. The number of carboxylic acid groups (broad SMARTS) is 1. The Morgan fingerprint density at radius 3 is 2.17 bits per heavy atom. The molecule has 12 nitrogen and oxygen atoms in total. The lowest BCUT2D eigenvalue weighted by atomic mass is 10.1. The molecule has 2 atom stereocenters. The third-order valence-corrected chi connectivity index (χ3v) is 6.47. The monoisotopic (exact) mass is 571 g/mol. The first-order valence-corrected chi connectivity index (χ1v) is 13.1. The van der Waals surface area contributed by atoms with Crippen LogP contribution in [0.2, 0.25) is 0 Å². The number of amides is 5. The first kappa shape index (κ1) is 29.5. The number of urea groups is 1. The van der Waals surface area contributed by atoms with E-state index in [0.717, 1.165) is 10.5 Å². The summed E-state index contributed by atoms with van der Waals surface area (Å²) in [6, 6.07) is 20.8. The smallest absolute Gasteiger partial charge is 0.322 e. The summed E-state index contributed by atoms with van der Waals surface area (Å²) in [6.45, 7) is -0.643. The quantitative estimate of drug-likeness (QED) is 0.269. The number of hydrogen-bond acceptors (Lipinski definition) is 6. The molecule has 12 heteroatoms. The van der Waals surface area contributed by atoms with Gasteiger partial charge in [-0.25, -0.2) is 4.79 Å². The van der Waals surface area contributed by atoms with Crippen LogP contribution in [0.15, 0.2) is 84.9 Å². The Labute approximate surface area is 241 Å². The van der Waals surface area contributed by atoms with Gasteiger partial charge in [-0.15, -0.1) is 0 Å². The zero-order valence-corrected chi connectivity index (χ0v) is 22.4. The van der Waals surface area contributed by atoms with E-state index in [1.165, 1.54) is 4.90 Å². The highest BCUT2D eigenvalue weighted by Crippen LogP contribution is 2.33. The van der Waals surface area contributed by atoms with E-state index in [1.54, 1.807) is 54.6 Å². The van der Waals surface area contributed by atoms with Gasteiger partial charge in [0.25, 0.3) is 11.8 Å². The van der Waals surface area contributed by atoms with Crippen LogP contribution < -0.4 is 25.8 Å². The van der Waals surface area contributed by atoms with E-state index in [2.05, 4.69) is 16.0 Å². The molecular formula is C30H29N5O7. The lowest BCUT2D eigenvalue weighted by Gasteiger charge is -2.25. The van der Waals surface area contributed by atoms with E-state index in [1.807, 2.05) is 30.3 Å². The SMILES string of the molecule is O=CC(CC(=O)O)NC(=O)CN1C(=O)C(NC(=O)c2ccccc2)CN(C(=O)NCc2ccccc2)c2ccccc21. The van der Waals surface area contributed by atoms with Crippen molar-refractivity contribution < 1.29 is 33.9 Å². The molecule has 0 aromatic heterocycles. The Morgan fingerprint density at radius 1 is 0.905 bits per heavy atom. The molecule has 42 heavy (non-hydrogen) atoms. The standard InChI is InChI=1S/C30H29N5O7/c36-19-22(15-27(38)39)32-26(37)18-34-24-13-7-8-14-25(24)35(30(42)31-16-20-9-3-1-4-10-20)17-23(29(34)41)33-28(40)21-11-5-2-6-12-21/h1-14,19,22-23H,15-18H2,(H,31,42)(H,32,37)(H,33,40)(H,38,39). The average Bonchev–Trinajstić information content (AvgIpc) is 3.11. The number of aliphatic carboxylic acids is 1. The highest BCUT2D eigenvalue weighted by molar-refractivity contribution is 6.10. The molecule has 3 aromatic rings. The van der Waals surface area contributed by atoms with Crippen molar-refractivity contribution in [3.8, 4) is 0 Å². The maximum absolute atomic E-state index is 13.9. The molecule has 2 unspecified atom stereocenters. The highest BCUT2D eigenvalue weighted by Gasteiger charge is 2.38. The van der Waals surface area contributed by atoms with Crippen molar-refractivity contribution in [3.05, 3.63) is 96.1 Å². The summed E-state index contributed by atoms with van der Waals surface area (Å²) in [6.07, 6.45) is -0.337. The van der Waals surface area contributed by atoms with Gasteiger partial charge in [-0.1, -0.05) is 60.7 Å². The van der Waals surface area contributed by atoms with E-state index < -0.39 is 54.8 Å². The fraction of sp³-hybridized carbons (Fsp3) is 0.200. The van der Waals surface area contributed by atoms with Crippen molar-refractivity contribution in [3.63, 3.8) is 0 Å². The van der Waals surface area contributed by atoms with Crippen LogP contribution in [-0.4, -0.2) is 66.3 Å². The molecule has 0 saturated heterocycles. The number of fused-ring (bicyclic) bond motifs is 1. The number of carbonyl (C=O) groups is 6. The van der Waals surface area contributed by atoms with E-state index in [9.17, 15) is 28.8 Å². The summed E-state index contributed by atoms with van der Waals surface area (Å²) in [5.41, 5.74) is 1.66. The molecule has 0 saturated carbocycles. The van der Waals surface area contributed by atoms with Crippen molar-refractivity contribution in [1.82, 2.24) is 16.0 Å². The van der Waals surface area contributed by atoms with Crippen molar-refractivity contribution in [2.75, 3.05) is 22.9 Å². The van der Waals surface area contributed by atoms with Gasteiger partial charge in [0.1, 0.15) is 18.9 Å². The minimum atomic E-state index is -1.30. The summed E-state index contributed by atoms with van der Waals surface area (Å²) in [4.78, 5) is 78.2. The fourth-order valence-corrected chi connectivity index (χ4v) is 4.47. The number of anilines is 2. The number of rotatable bonds is 10. The topological polar surface area (TPSA) is 165 Å². The molecule has 216 valence electrons. The van der Waals surface area contributed by atoms with Crippen molar-refractivity contribution in [2.45, 2.75) is 25.0 Å². The summed E-state index contributed by atoms with van der Waals surface area (Å²) in [5, 5.41) is 16.8. The van der Waals surface area contributed by atoms with E-state index in [-0.39, 0.29) is 18.8 Å². The number of nitrogens with one attached hydrogen (secondary N) is 3. The number of hydrogen-bond donors (Lipinski definition) is 4. The highest BCUT2D eigenvalue weighted by atomic mass is 16.4. The van der Waals surface area contributed by atoms with Crippen LogP contribution in [0.4, 0.5) is 16.2 Å². The molecule has 0 radical (unpaired) electrons. The zero-order chi connectivity index (χ0) is 30.1. The molecule has 0 bridgehead atoms. The minimum Gasteiger partial charge on any atom is -0.481 e. The number of nitrogens with zero attached hydrogens (tertiary/aromatic N) is 2. The summed E-state index contributed by atoms with van der Waals surface area (Å²) in [7, 11) is 0. The fourth-order valence-electron chi connectivity index (χ4n) is 4.47. The first-order chi connectivity index (χ1) is 20.3. The molecule has 4 rings (SSSR count). The largest absolute Gasteiger partial charge is 0.481 e. The zero-order valence-electron chi connectivity index (χ0n) is 22.4. The van der Waals surface area contributed by atoms with Crippen LogP contribution in [0.5, 0.6) is 0 Å². The Kier molecular flexibility index (Phi) is 9.61. The Hall–Kier alpha value is -5.52. The van der Waals surface area contributed by atoms with Crippen LogP contribution in [-0.2, 0) is 25.7 Å². The van der Waals surface area contributed by atoms with Crippen LogP contribution in [0.25, 0.3) is 0 Å². The maximum atomic E-state index is 13.9. The summed E-state index contributed by atoms with van der Waals surface area (Å²) >= 11 is 0. The van der Waals surface area contributed by atoms with Gasteiger partial charge in [0.2, 0.25) is 5.91 Å². The second-order valence-corrected chi connectivity index (χ2v) is 9.47. The molecule has 3 aromatic carbocycles. The van der Waals surface area contributed by atoms with Crippen molar-refractivity contribution >= 4 is 47.4 Å².